The maximum atomic E-state index is 12.8. The van der Waals surface area contributed by atoms with Crippen molar-refractivity contribution < 1.29 is 52.2 Å². The van der Waals surface area contributed by atoms with Gasteiger partial charge in [0.2, 0.25) is 10.0 Å². The molecule has 0 bridgehead atoms. The van der Waals surface area contributed by atoms with Gasteiger partial charge in [0.1, 0.15) is 11.5 Å². The smallest absolute Gasteiger partial charge is 0.394 e. The monoisotopic (exact) mass is 611 g/mol. The van der Waals surface area contributed by atoms with Gasteiger partial charge in [-0.05, 0) is 93.8 Å². The predicted molar refractivity (Wildman–Crippen MR) is 149 cm³/mol. The van der Waals surface area contributed by atoms with Crippen LogP contribution in [0.5, 0.6) is 11.5 Å². The van der Waals surface area contributed by atoms with Crippen molar-refractivity contribution >= 4 is 20.4 Å². The van der Waals surface area contributed by atoms with E-state index in [9.17, 15) is 13.5 Å². The van der Waals surface area contributed by atoms with Crippen LogP contribution >= 0.6 is 0 Å². The van der Waals surface area contributed by atoms with E-state index < -0.39 is 20.4 Å². The van der Waals surface area contributed by atoms with E-state index in [1.54, 1.807) is 19.2 Å². The molecule has 0 aliphatic carbocycles. The molecule has 0 spiro atoms. The molecule has 230 valence electrons. The maximum absolute atomic E-state index is 12.8. The van der Waals surface area contributed by atoms with E-state index in [1.807, 2.05) is 12.1 Å². The Hall–Kier alpha value is -2.38. The quantitative estimate of drug-likeness (QED) is 0.275. The minimum absolute atomic E-state index is 0. The van der Waals surface area contributed by atoms with Gasteiger partial charge in [-0.3, -0.25) is 18.9 Å². The minimum Gasteiger partial charge on any atom is -0.507 e. The Morgan fingerprint density at radius 2 is 1.20 bits per heavy atom. The van der Waals surface area contributed by atoms with E-state index in [0.717, 1.165) is 42.9 Å². The highest BCUT2D eigenvalue weighted by atomic mass is 32.3. The number of phenols is 1. The third kappa shape index (κ3) is 12.0. The molecule has 2 fully saturated rings. The summed E-state index contributed by atoms with van der Waals surface area (Å²) >= 11 is 0. The Kier molecular flexibility index (Phi) is 15.8. The van der Waals surface area contributed by atoms with E-state index >= 15 is 0 Å². The molecule has 2 aliphatic heterocycles. The summed E-state index contributed by atoms with van der Waals surface area (Å²) < 4.78 is 65.0. The summed E-state index contributed by atoms with van der Waals surface area (Å²) in [7, 11) is -6.77. The van der Waals surface area contributed by atoms with Gasteiger partial charge in [0.15, 0.2) is 0 Å². The molecule has 0 unspecified atom stereocenters. The number of sulfonamides is 1. The van der Waals surface area contributed by atoms with E-state index in [2.05, 4.69) is 14.5 Å². The van der Waals surface area contributed by atoms with Crippen LogP contribution in [0.1, 0.15) is 42.4 Å². The number of aromatic hydroxyl groups is 1. The molecule has 0 radical (unpaired) electrons. The van der Waals surface area contributed by atoms with Crippen LogP contribution in [0.3, 0.4) is 0 Å². The van der Waals surface area contributed by atoms with Crippen LogP contribution < -0.4 is 9.46 Å². The average Bonchev–Trinajstić information content (AvgIpc) is 3.54. The van der Waals surface area contributed by atoms with Gasteiger partial charge in [0.25, 0.3) is 0 Å². The second kappa shape index (κ2) is 16.8. The predicted octanol–water partition coefficient (Wildman–Crippen LogP) is -0.0560. The molecule has 0 saturated carbocycles. The lowest BCUT2D eigenvalue weighted by Gasteiger charge is -2.21. The van der Waals surface area contributed by atoms with Crippen LogP contribution in [0.25, 0.3) is 0 Å². The summed E-state index contributed by atoms with van der Waals surface area (Å²) in [5.41, 5.74) is 2.62. The summed E-state index contributed by atoms with van der Waals surface area (Å²) in [6, 6.07) is 10.2. The molecule has 0 atom stereocenters. The van der Waals surface area contributed by atoms with Crippen LogP contribution in [-0.4, -0.2) is 90.6 Å². The lowest BCUT2D eigenvalue weighted by molar-refractivity contribution is 0.312. The molecule has 2 aromatic rings. The number of likely N-dealkylation sites (tertiary alicyclic amines) is 2. The molecular formula is C24H41N3O11S2. The van der Waals surface area contributed by atoms with Crippen molar-refractivity contribution in [2.45, 2.75) is 50.2 Å². The zero-order valence-corrected chi connectivity index (χ0v) is 24.0. The van der Waals surface area contributed by atoms with Crippen molar-refractivity contribution in [1.82, 2.24) is 14.5 Å². The molecule has 40 heavy (non-hydrogen) atoms. The first-order chi connectivity index (χ1) is 17.4. The van der Waals surface area contributed by atoms with Crippen LogP contribution in [0.2, 0.25) is 0 Å². The Balaban J connectivity index is 0.00000175. The molecule has 2 heterocycles. The fourth-order valence-electron chi connectivity index (χ4n) is 4.56. The number of phenolic OH excluding ortho intramolecular Hbond substituents is 1. The van der Waals surface area contributed by atoms with Gasteiger partial charge in [-0.1, -0.05) is 0 Å². The Labute approximate surface area is 235 Å². The lowest BCUT2D eigenvalue weighted by atomic mass is 10.0. The van der Waals surface area contributed by atoms with Crippen molar-refractivity contribution in [2.24, 2.45) is 0 Å². The van der Waals surface area contributed by atoms with E-state index in [0.29, 0.717) is 24.6 Å². The van der Waals surface area contributed by atoms with Crippen molar-refractivity contribution in [2.75, 3.05) is 33.3 Å². The van der Waals surface area contributed by atoms with Crippen molar-refractivity contribution in [3.63, 3.8) is 0 Å². The molecule has 4 rings (SSSR count). The molecule has 2 aromatic carbocycles. The van der Waals surface area contributed by atoms with Gasteiger partial charge in [-0.15, -0.1) is 0 Å². The van der Waals surface area contributed by atoms with E-state index in [1.165, 1.54) is 37.8 Å². The lowest BCUT2D eigenvalue weighted by Crippen LogP contribution is -2.24. The first-order valence-corrected chi connectivity index (χ1v) is 14.9. The largest absolute Gasteiger partial charge is 0.507 e. The van der Waals surface area contributed by atoms with Crippen LogP contribution in [0.15, 0.2) is 41.3 Å². The van der Waals surface area contributed by atoms with Gasteiger partial charge in [0.05, 0.1) is 12.0 Å². The highest BCUT2D eigenvalue weighted by molar-refractivity contribution is 7.89. The molecular weight excluding hydrogens is 570 g/mol. The highest BCUT2D eigenvalue weighted by Gasteiger charge is 2.20. The Morgan fingerprint density at radius 3 is 1.57 bits per heavy atom. The summed E-state index contributed by atoms with van der Waals surface area (Å²) in [6.07, 6.45) is 4.73. The minimum atomic E-state index is -4.67. The standard InChI is InChI=1S/C24H33N3O4S.H2O4S.3H2O/c1-31-22-6-8-23(9-7-22)32(29,30)25-16-19-14-20(17-26-10-2-3-11-26)24(28)21(15-19)18-27-12-4-5-13-27;1-5(2,3)4;;;/h6-9,14-15,25,28H,2-5,10-13,16-18H2,1H3;(H2,1,2,3,4);3*1H2. The molecule has 10 N–H and O–H groups in total. The van der Waals surface area contributed by atoms with Gasteiger partial charge < -0.3 is 26.3 Å². The van der Waals surface area contributed by atoms with Crippen LogP contribution in [0, 0.1) is 0 Å². The third-order valence-corrected chi connectivity index (χ3v) is 7.77. The van der Waals surface area contributed by atoms with Gasteiger partial charge in [0, 0.05) is 30.8 Å². The Bertz CT molecular complexity index is 1200. The van der Waals surface area contributed by atoms with Crippen molar-refractivity contribution in [3.8, 4) is 11.5 Å². The third-order valence-electron chi connectivity index (χ3n) is 6.35. The fraction of sp³-hybridized carbons (Fsp3) is 0.500. The second-order valence-corrected chi connectivity index (χ2v) is 11.8. The first kappa shape index (κ1) is 37.6. The van der Waals surface area contributed by atoms with Gasteiger partial charge in [-0.25, -0.2) is 13.1 Å². The number of hydrogen-bond acceptors (Lipinski definition) is 8. The summed E-state index contributed by atoms with van der Waals surface area (Å²) in [5.74, 6) is 0.964. The molecule has 0 amide bonds. The highest BCUT2D eigenvalue weighted by Crippen LogP contribution is 2.29. The van der Waals surface area contributed by atoms with E-state index in [4.69, 9.17) is 22.3 Å². The van der Waals surface area contributed by atoms with Crippen LogP contribution in [-0.2, 0) is 40.1 Å². The average molecular weight is 612 g/mol. The van der Waals surface area contributed by atoms with Gasteiger partial charge in [-0.2, -0.15) is 8.42 Å². The zero-order chi connectivity index (χ0) is 27.1. The number of hydrogen-bond donors (Lipinski definition) is 4. The summed E-state index contributed by atoms with van der Waals surface area (Å²) in [6.45, 7) is 5.71. The first-order valence-electron chi connectivity index (χ1n) is 12.1. The number of rotatable bonds is 9. The normalized spacial score (nSPS) is 15.7. The number of ether oxygens (including phenoxy) is 1. The zero-order valence-electron chi connectivity index (χ0n) is 22.3. The maximum Gasteiger partial charge on any atom is 0.394 e. The number of methoxy groups -OCH3 is 1. The Morgan fingerprint density at radius 1 is 0.800 bits per heavy atom. The molecule has 14 nitrogen and oxygen atoms in total. The summed E-state index contributed by atoms with van der Waals surface area (Å²) in [5, 5.41) is 11.0. The SMILES string of the molecule is COc1ccc(S(=O)(=O)NCc2cc(CN3CCCC3)c(O)c(CN3CCCC3)c2)cc1.O.O.O.O=S(=O)(O)O. The number of nitrogens with one attached hydrogen (secondary N) is 1. The van der Waals surface area contributed by atoms with E-state index in [-0.39, 0.29) is 27.9 Å². The topological polar surface area (TPSA) is 251 Å². The van der Waals surface area contributed by atoms with Crippen molar-refractivity contribution in [3.05, 3.63) is 53.1 Å². The molecule has 2 aliphatic rings. The van der Waals surface area contributed by atoms with Crippen LogP contribution in [0.4, 0.5) is 0 Å². The number of benzene rings is 2. The second-order valence-electron chi connectivity index (χ2n) is 9.18. The van der Waals surface area contributed by atoms with Crippen molar-refractivity contribution in [1.29, 1.82) is 0 Å². The summed E-state index contributed by atoms with van der Waals surface area (Å²) in [4.78, 5) is 4.90. The fourth-order valence-corrected chi connectivity index (χ4v) is 5.57. The van der Waals surface area contributed by atoms with Gasteiger partial charge >= 0.3 is 10.4 Å². The molecule has 16 heteroatoms. The molecule has 0 aromatic heterocycles. The number of nitrogens with zero attached hydrogens (tertiary/aromatic N) is 2. The molecule has 2 saturated heterocycles.